The molecule has 1 aliphatic heterocycles. The van der Waals surface area contributed by atoms with Crippen molar-refractivity contribution in [2.24, 2.45) is 11.3 Å². The number of para-hydroxylation sites is 1. The number of rotatable bonds is 1. The second kappa shape index (κ2) is 4.63. The van der Waals surface area contributed by atoms with Gasteiger partial charge in [0.15, 0.2) is 0 Å². The van der Waals surface area contributed by atoms with Gasteiger partial charge in [0.25, 0.3) is 0 Å². The zero-order chi connectivity index (χ0) is 14.4. The van der Waals surface area contributed by atoms with Crippen LogP contribution in [0.15, 0.2) is 36.4 Å². The zero-order valence-corrected chi connectivity index (χ0v) is 12.6. The average Bonchev–Trinajstić information content (AvgIpc) is 2.36. The Labute approximate surface area is 121 Å². The number of hydrogen-bond acceptors (Lipinski definition) is 2. The fourth-order valence-electron chi connectivity index (χ4n) is 3.79. The largest absolute Gasteiger partial charge is 0.489 e. The molecule has 2 heteroatoms. The molecule has 0 bridgehead atoms. The molecule has 3 rings (SSSR count). The molecule has 1 heterocycles. The van der Waals surface area contributed by atoms with Crippen LogP contribution in [0.5, 0.6) is 5.75 Å². The first-order chi connectivity index (χ1) is 9.37. The molecular weight excluding hydrogens is 248 g/mol. The number of ether oxygens (including phenoxy) is 1. The first-order valence-electron chi connectivity index (χ1n) is 7.54. The normalized spacial score (nSPS) is 35.2. The van der Waals surface area contributed by atoms with Crippen LogP contribution < -0.4 is 4.74 Å². The van der Waals surface area contributed by atoms with Crippen molar-refractivity contribution >= 4 is 0 Å². The van der Waals surface area contributed by atoms with Crippen molar-refractivity contribution in [2.75, 3.05) is 0 Å². The maximum Gasteiger partial charge on any atom is 0.122 e. The Morgan fingerprint density at radius 1 is 1.20 bits per heavy atom. The Morgan fingerprint density at radius 2 is 1.95 bits per heavy atom. The highest BCUT2D eigenvalue weighted by Crippen LogP contribution is 2.43. The molecule has 0 radical (unpaired) electrons. The van der Waals surface area contributed by atoms with Crippen LogP contribution in [0.3, 0.4) is 0 Å². The van der Waals surface area contributed by atoms with E-state index >= 15 is 0 Å². The fraction of sp³-hybridized carbons (Fsp3) is 0.556. The van der Waals surface area contributed by atoms with E-state index < -0.39 is 5.60 Å². The number of allylic oxidation sites excluding steroid dienone is 1. The van der Waals surface area contributed by atoms with E-state index in [0.717, 1.165) is 25.0 Å². The Hall–Kier alpha value is -1.28. The summed E-state index contributed by atoms with van der Waals surface area (Å²) in [4.78, 5) is 0. The minimum atomic E-state index is -0.699. The van der Waals surface area contributed by atoms with Gasteiger partial charge in [-0.05, 0) is 43.2 Å². The van der Waals surface area contributed by atoms with Crippen molar-refractivity contribution in [1.82, 2.24) is 0 Å². The lowest BCUT2D eigenvalue weighted by Gasteiger charge is -2.45. The van der Waals surface area contributed by atoms with Crippen molar-refractivity contribution in [2.45, 2.75) is 51.7 Å². The molecule has 0 spiro atoms. The van der Waals surface area contributed by atoms with Crippen LogP contribution in [-0.4, -0.2) is 16.8 Å². The number of hydrogen-bond donors (Lipinski definition) is 1. The highest BCUT2D eigenvalue weighted by molar-refractivity contribution is 5.35. The molecule has 108 valence electrons. The van der Waals surface area contributed by atoms with Crippen LogP contribution >= 0.6 is 0 Å². The first kappa shape index (κ1) is 13.7. The lowest BCUT2D eigenvalue weighted by atomic mass is 9.67. The molecule has 3 unspecified atom stereocenters. The van der Waals surface area contributed by atoms with Crippen LogP contribution in [0.4, 0.5) is 0 Å². The predicted octanol–water partition coefficient (Wildman–Crippen LogP) is 3.73. The van der Waals surface area contributed by atoms with E-state index in [0.29, 0.717) is 0 Å². The number of fused-ring (bicyclic) bond motifs is 1. The van der Waals surface area contributed by atoms with Gasteiger partial charge in [-0.1, -0.05) is 44.2 Å². The smallest absolute Gasteiger partial charge is 0.122 e. The van der Waals surface area contributed by atoms with Gasteiger partial charge in [0.2, 0.25) is 0 Å². The second-order valence-corrected chi connectivity index (χ2v) is 7.21. The molecule has 0 amide bonds. The van der Waals surface area contributed by atoms with Crippen molar-refractivity contribution in [1.29, 1.82) is 0 Å². The third-order valence-corrected chi connectivity index (χ3v) is 4.64. The quantitative estimate of drug-likeness (QED) is 0.789. The summed E-state index contributed by atoms with van der Waals surface area (Å²) in [7, 11) is 0. The standard InChI is InChI=1S/C18H24O2/c1-17(2)11-10-14(18(3,19)12-17)16-9-8-13-6-4-5-7-15(13)20-16/h4-7,10-11,14,16,19H,8-9,12H2,1-3H3. The molecule has 20 heavy (non-hydrogen) atoms. The van der Waals surface area contributed by atoms with E-state index in [1.807, 2.05) is 19.1 Å². The molecule has 3 atom stereocenters. The van der Waals surface area contributed by atoms with Crippen molar-refractivity contribution in [3.05, 3.63) is 42.0 Å². The minimum Gasteiger partial charge on any atom is -0.489 e. The van der Waals surface area contributed by atoms with Crippen LogP contribution in [0, 0.1) is 11.3 Å². The monoisotopic (exact) mass is 272 g/mol. The van der Waals surface area contributed by atoms with Crippen molar-refractivity contribution in [3.63, 3.8) is 0 Å². The second-order valence-electron chi connectivity index (χ2n) is 7.21. The molecule has 1 aliphatic carbocycles. The van der Waals surface area contributed by atoms with Crippen LogP contribution in [0.2, 0.25) is 0 Å². The first-order valence-corrected chi connectivity index (χ1v) is 7.54. The Morgan fingerprint density at radius 3 is 2.70 bits per heavy atom. The van der Waals surface area contributed by atoms with E-state index in [2.05, 4.69) is 38.1 Å². The molecule has 0 aromatic heterocycles. The lowest BCUT2D eigenvalue weighted by Crippen LogP contribution is -2.48. The van der Waals surface area contributed by atoms with Crippen molar-refractivity contribution < 1.29 is 9.84 Å². The van der Waals surface area contributed by atoms with Gasteiger partial charge in [0, 0.05) is 5.92 Å². The average molecular weight is 272 g/mol. The summed E-state index contributed by atoms with van der Waals surface area (Å²) in [6.07, 6.45) is 7.27. The van der Waals surface area contributed by atoms with E-state index in [-0.39, 0.29) is 17.4 Å². The third kappa shape index (κ3) is 2.49. The molecular formula is C18H24O2. The maximum absolute atomic E-state index is 10.8. The lowest BCUT2D eigenvalue weighted by molar-refractivity contribution is -0.0625. The molecule has 2 nitrogen and oxygen atoms in total. The summed E-state index contributed by atoms with van der Waals surface area (Å²) >= 11 is 0. The molecule has 1 aromatic carbocycles. The number of benzene rings is 1. The summed E-state index contributed by atoms with van der Waals surface area (Å²) < 4.78 is 6.16. The molecule has 1 N–H and O–H groups in total. The van der Waals surface area contributed by atoms with Crippen LogP contribution in [0.1, 0.15) is 39.2 Å². The SMILES string of the molecule is CC1(C)C=CC(C2CCc3ccccc3O2)C(C)(O)C1. The van der Waals surface area contributed by atoms with Gasteiger partial charge in [-0.3, -0.25) is 0 Å². The highest BCUT2D eigenvalue weighted by atomic mass is 16.5. The zero-order valence-electron chi connectivity index (χ0n) is 12.6. The molecule has 2 aliphatic rings. The van der Waals surface area contributed by atoms with E-state index in [4.69, 9.17) is 4.74 Å². The molecule has 0 saturated heterocycles. The summed E-state index contributed by atoms with van der Waals surface area (Å²) in [6.45, 7) is 6.29. The Balaban J connectivity index is 1.84. The van der Waals surface area contributed by atoms with Gasteiger partial charge in [-0.25, -0.2) is 0 Å². The number of aryl methyl sites for hydroxylation is 1. The highest BCUT2D eigenvalue weighted by Gasteiger charge is 2.44. The van der Waals surface area contributed by atoms with Gasteiger partial charge in [0.05, 0.1) is 5.60 Å². The maximum atomic E-state index is 10.8. The molecule has 0 saturated carbocycles. The molecule has 0 fully saturated rings. The van der Waals surface area contributed by atoms with Gasteiger partial charge in [0.1, 0.15) is 11.9 Å². The van der Waals surface area contributed by atoms with E-state index in [9.17, 15) is 5.11 Å². The van der Waals surface area contributed by atoms with Crippen molar-refractivity contribution in [3.8, 4) is 5.75 Å². The topological polar surface area (TPSA) is 29.5 Å². The van der Waals surface area contributed by atoms with Gasteiger partial charge < -0.3 is 9.84 Å². The Bertz CT molecular complexity index is 528. The summed E-state index contributed by atoms with van der Waals surface area (Å²) in [5.74, 6) is 1.06. The summed E-state index contributed by atoms with van der Waals surface area (Å²) in [5, 5.41) is 10.8. The van der Waals surface area contributed by atoms with Crippen LogP contribution in [-0.2, 0) is 6.42 Å². The van der Waals surface area contributed by atoms with Gasteiger partial charge in [-0.15, -0.1) is 0 Å². The Kier molecular flexibility index (Phi) is 3.17. The number of aliphatic hydroxyl groups is 1. The summed E-state index contributed by atoms with van der Waals surface area (Å²) in [5.41, 5.74) is 0.644. The third-order valence-electron chi connectivity index (χ3n) is 4.64. The van der Waals surface area contributed by atoms with Gasteiger partial charge in [-0.2, -0.15) is 0 Å². The predicted molar refractivity (Wildman–Crippen MR) is 80.8 cm³/mol. The van der Waals surface area contributed by atoms with E-state index in [1.54, 1.807) is 0 Å². The minimum absolute atomic E-state index is 0.0621. The van der Waals surface area contributed by atoms with Gasteiger partial charge >= 0.3 is 0 Å². The van der Waals surface area contributed by atoms with E-state index in [1.165, 1.54) is 5.56 Å². The molecule has 1 aromatic rings. The summed E-state index contributed by atoms with van der Waals surface area (Å²) in [6, 6.07) is 8.23. The fourth-order valence-corrected chi connectivity index (χ4v) is 3.79. The van der Waals surface area contributed by atoms with Crippen LogP contribution in [0.25, 0.3) is 0 Å².